The van der Waals surface area contributed by atoms with Gasteiger partial charge in [0, 0.05) is 19.2 Å². The molecule has 0 unspecified atom stereocenters. The van der Waals surface area contributed by atoms with Crippen molar-refractivity contribution >= 4 is 11.6 Å². The molecule has 3 heteroatoms. The lowest BCUT2D eigenvalue weighted by Gasteiger charge is -2.26. The molecule has 0 spiro atoms. The maximum absolute atomic E-state index is 11.0. The first kappa shape index (κ1) is 13.1. The summed E-state index contributed by atoms with van der Waals surface area (Å²) in [6.07, 6.45) is 5.12. The van der Waals surface area contributed by atoms with E-state index in [0.717, 1.165) is 18.7 Å². The molecule has 1 aliphatic heterocycles. The zero-order valence-electron chi connectivity index (χ0n) is 11.1. The second-order valence-electron chi connectivity index (χ2n) is 5.03. The van der Waals surface area contributed by atoms with Gasteiger partial charge in [0.1, 0.15) is 0 Å². The Bertz CT molecular complexity index is 397. The van der Waals surface area contributed by atoms with Crippen LogP contribution in [0.25, 0.3) is 0 Å². The topological polar surface area (TPSA) is 32.3 Å². The largest absolute Gasteiger partial charge is 0.326 e. The number of likely N-dealkylation sites (tertiary alicyclic amines) is 1. The van der Waals surface area contributed by atoms with E-state index in [4.69, 9.17) is 0 Å². The highest BCUT2D eigenvalue weighted by Gasteiger charge is 2.09. The summed E-state index contributed by atoms with van der Waals surface area (Å²) in [5.41, 5.74) is 2.20. The molecular weight excluding hydrogens is 224 g/mol. The Morgan fingerprint density at radius 1 is 1.28 bits per heavy atom. The van der Waals surface area contributed by atoms with E-state index in [9.17, 15) is 4.79 Å². The summed E-state index contributed by atoms with van der Waals surface area (Å²) in [6, 6.07) is 8.16. The van der Waals surface area contributed by atoms with Gasteiger partial charge in [-0.05, 0) is 50.0 Å². The first-order valence-corrected chi connectivity index (χ1v) is 6.83. The van der Waals surface area contributed by atoms with Crippen LogP contribution in [0.5, 0.6) is 0 Å². The molecule has 1 saturated heterocycles. The minimum atomic E-state index is -0.0109. The third-order valence-corrected chi connectivity index (χ3v) is 3.41. The van der Waals surface area contributed by atoms with E-state index >= 15 is 0 Å². The van der Waals surface area contributed by atoms with Gasteiger partial charge in [-0.25, -0.2) is 0 Å². The average Bonchev–Trinajstić information content (AvgIpc) is 2.37. The fourth-order valence-corrected chi connectivity index (χ4v) is 2.48. The number of amides is 1. The van der Waals surface area contributed by atoms with Crippen molar-refractivity contribution in [2.24, 2.45) is 0 Å². The molecule has 1 heterocycles. The lowest BCUT2D eigenvalue weighted by Crippen LogP contribution is -2.31. The number of anilines is 1. The molecule has 0 bridgehead atoms. The number of rotatable bonds is 4. The van der Waals surface area contributed by atoms with Crippen molar-refractivity contribution in [1.29, 1.82) is 0 Å². The van der Waals surface area contributed by atoms with Crippen molar-refractivity contribution in [3.8, 4) is 0 Å². The van der Waals surface area contributed by atoms with Crippen LogP contribution in [-0.2, 0) is 11.2 Å². The van der Waals surface area contributed by atoms with Gasteiger partial charge in [0.15, 0.2) is 0 Å². The second kappa shape index (κ2) is 6.55. The summed E-state index contributed by atoms with van der Waals surface area (Å²) in [5, 5.41) is 2.83. The predicted molar refractivity (Wildman–Crippen MR) is 74.7 cm³/mol. The van der Waals surface area contributed by atoms with E-state index in [-0.39, 0.29) is 5.91 Å². The quantitative estimate of drug-likeness (QED) is 0.886. The van der Waals surface area contributed by atoms with Crippen molar-refractivity contribution in [3.05, 3.63) is 29.8 Å². The van der Waals surface area contributed by atoms with Gasteiger partial charge in [-0.15, -0.1) is 0 Å². The maximum atomic E-state index is 11.0. The van der Waals surface area contributed by atoms with Gasteiger partial charge in [-0.3, -0.25) is 4.79 Å². The lowest BCUT2D eigenvalue weighted by atomic mass is 10.1. The van der Waals surface area contributed by atoms with Crippen LogP contribution < -0.4 is 5.32 Å². The van der Waals surface area contributed by atoms with Crippen LogP contribution in [0.2, 0.25) is 0 Å². The monoisotopic (exact) mass is 246 g/mol. The van der Waals surface area contributed by atoms with Gasteiger partial charge in [0.2, 0.25) is 5.91 Å². The molecule has 1 aromatic rings. The van der Waals surface area contributed by atoms with Crippen molar-refractivity contribution in [3.63, 3.8) is 0 Å². The SMILES string of the molecule is CC(=O)Nc1cccc(CCN2CCCCC2)c1. The van der Waals surface area contributed by atoms with Gasteiger partial charge >= 0.3 is 0 Å². The maximum Gasteiger partial charge on any atom is 0.221 e. The molecule has 0 atom stereocenters. The molecule has 1 fully saturated rings. The zero-order valence-corrected chi connectivity index (χ0v) is 11.1. The molecule has 1 aliphatic rings. The highest BCUT2D eigenvalue weighted by atomic mass is 16.1. The Hall–Kier alpha value is -1.35. The van der Waals surface area contributed by atoms with E-state index in [2.05, 4.69) is 22.3 Å². The van der Waals surface area contributed by atoms with Crippen LogP contribution in [0.1, 0.15) is 31.7 Å². The molecule has 3 nitrogen and oxygen atoms in total. The lowest BCUT2D eigenvalue weighted by molar-refractivity contribution is -0.114. The fraction of sp³-hybridized carbons (Fsp3) is 0.533. The molecule has 1 amide bonds. The molecule has 0 aliphatic carbocycles. The smallest absolute Gasteiger partial charge is 0.221 e. The molecular formula is C15H22N2O. The number of hydrogen-bond acceptors (Lipinski definition) is 2. The van der Waals surface area contributed by atoms with Crippen molar-refractivity contribution in [2.45, 2.75) is 32.6 Å². The predicted octanol–water partition coefficient (Wildman–Crippen LogP) is 2.67. The van der Waals surface area contributed by atoms with Crippen molar-refractivity contribution in [1.82, 2.24) is 4.90 Å². The number of piperidine rings is 1. The Kier molecular flexibility index (Phi) is 4.76. The Balaban J connectivity index is 1.86. The van der Waals surface area contributed by atoms with Crippen LogP contribution in [0, 0.1) is 0 Å². The molecule has 98 valence electrons. The molecule has 0 saturated carbocycles. The zero-order chi connectivity index (χ0) is 12.8. The number of carbonyl (C=O) groups is 1. The highest BCUT2D eigenvalue weighted by molar-refractivity contribution is 5.88. The third kappa shape index (κ3) is 4.15. The van der Waals surface area contributed by atoms with Crippen LogP contribution >= 0.6 is 0 Å². The van der Waals surface area contributed by atoms with E-state index in [0.29, 0.717) is 0 Å². The van der Waals surface area contributed by atoms with Crippen molar-refractivity contribution in [2.75, 3.05) is 25.0 Å². The van der Waals surface area contributed by atoms with Crippen molar-refractivity contribution < 1.29 is 4.79 Å². The minimum Gasteiger partial charge on any atom is -0.326 e. The second-order valence-corrected chi connectivity index (χ2v) is 5.03. The number of nitrogens with one attached hydrogen (secondary N) is 1. The number of nitrogens with zero attached hydrogens (tertiary/aromatic N) is 1. The summed E-state index contributed by atoms with van der Waals surface area (Å²) in [4.78, 5) is 13.5. The van der Waals surface area contributed by atoms with Gasteiger partial charge in [0.05, 0.1) is 0 Å². The molecule has 0 aromatic heterocycles. The Labute approximate surface area is 109 Å². The summed E-state index contributed by atoms with van der Waals surface area (Å²) >= 11 is 0. The third-order valence-electron chi connectivity index (χ3n) is 3.41. The van der Waals surface area contributed by atoms with E-state index < -0.39 is 0 Å². The van der Waals surface area contributed by atoms with Crippen LogP contribution in [0.3, 0.4) is 0 Å². The first-order chi connectivity index (χ1) is 8.74. The van der Waals surface area contributed by atoms with E-state index in [1.165, 1.54) is 37.9 Å². The van der Waals surface area contributed by atoms with Gasteiger partial charge in [-0.1, -0.05) is 18.6 Å². The van der Waals surface area contributed by atoms with Gasteiger partial charge in [-0.2, -0.15) is 0 Å². The van der Waals surface area contributed by atoms with Gasteiger partial charge < -0.3 is 10.2 Å². The minimum absolute atomic E-state index is 0.0109. The summed E-state index contributed by atoms with van der Waals surface area (Å²) < 4.78 is 0. The average molecular weight is 246 g/mol. The van der Waals surface area contributed by atoms with E-state index in [1.54, 1.807) is 6.92 Å². The highest BCUT2D eigenvalue weighted by Crippen LogP contribution is 2.13. The molecule has 2 rings (SSSR count). The van der Waals surface area contributed by atoms with Gasteiger partial charge in [0.25, 0.3) is 0 Å². The van der Waals surface area contributed by atoms with Crippen LogP contribution in [-0.4, -0.2) is 30.4 Å². The molecule has 18 heavy (non-hydrogen) atoms. The number of benzene rings is 1. The Morgan fingerprint density at radius 3 is 2.78 bits per heavy atom. The summed E-state index contributed by atoms with van der Waals surface area (Å²) in [6.45, 7) is 5.15. The normalized spacial score (nSPS) is 16.5. The standard InChI is InChI=1S/C15H22N2O/c1-13(18)16-15-7-5-6-14(12-15)8-11-17-9-3-2-4-10-17/h5-7,12H,2-4,8-11H2,1H3,(H,16,18). The summed E-state index contributed by atoms with van der Waals surface area (Å²) in [7, 11) is 0. The molecule has 1 aromatic carbocycles. The number of hydrogen-bond donors (Lipinski definition) is 1. The fourth-order valence-electron chi connectivity index (χ4n) is 2.48. The van der Waals surface area contributed by atoms with E-state index in [1.807, 2.05) is 12.1 Å². The van der Waals surface area contributed by atoms with Crippen LogP contribution in [0.4, 0.5) is 5.69 Å². The number of carbonyl (C=O) groups excluding carboxylic acids is 1. The molecule has 1 N–H and O–H groups in total. The van der Waals surface area contributed by atoms with Crippen LogP contribution in [0.15, 0.2) is 24.3 Å². The first-order valence-electron chi connectivity index (χ1n) is 6.83. The summed E-state index contributed by atoms with van der Waals surface area (Å²) in [5.74, 6) is -0.0109. The molecule has 0 radical (unpaired) electrons. The Morgan fingerprint density at radius 2 is 2.06 bits per heavy atom.